The van der Waals surface area contributed by atoms with Crippen molar-refractivity contribution in [3.05, 3.63) is 0 Å². The highest BCUT2D eigenvalue weighted by molar-refractivity contribution is 5.04. The molecule has 0 amide bonds. The average molecular weight is 140 g/mol. The SMILES string of the molecule is CCC1CC1(C)C(C)(C)C. The Bertz CT molecular complexity index is 129. The van der Waals surface area contributed by atoms with Crippen LogP contribution in [0.4, 0.5) is 0 Å². The predicted molar refractivity (Wildman–Crippen MR) is 46.0 cm³/mol. The van der Waals surface area contributed by atoms with Crippen molar-refractivity contribution in [1.29, 1.82) is 0 Å². The van der Waals surface area contributed by atoms with Crippen molar-refractivity contribution < 1.29 is 0 Å². The van der Waals surface area contributed by atoms with E-state index in [0.29, 0.717) is 10.8 Å². The van der Waals surface area contributed by atoms with Crippen molar-refractivity contribution in [2.24, 2.45) is 16.7 Å². The molecule has 0 heteroatoms. The van der Waals surface area contributed by atoms with Crippen LogP contribution in [0, 0.1) is 16.7 Å². The highest BCUT2D eigenvalue weighted by Gasteiger charge is 2.55. The molecule has 0 aliphatic heterocycles. The molecule has 0 aromatic carbocycles. The van der Waals surface area contributed by atoms with E-state index in [2.05, 4.69) is 34.6 Å². The quantitative estimate of drug-likeness (QED) is 0.523. The van der Waals surface area contributed by atoms with Gasteiger partial charge in [0.2, 0.25) is 0 Å². The summed E-state index contributed by atoms with van der Waals surface area (Å²) in [6.07, 6.45) is 2.82. The number of hydrogen-bond acceptors (Lipinski definition) is 0. The van der Waals surface area contributed by atoms with E-state index in [9.17, 15) is 0 Å². The molecule has 0 spiro atoms. The zero-order valence-electron chi connectivity index (χ0n) is 7.99. The maximum Gasteiger partial charge on any atom is -0.0246 e. The summed E-state index contributed by atoms with van der Waals surface area (Å²) in [7, 11) is 0. The third kappa shape index (κ3) is 0.980. The molecule has 1 rings (SSSR count). The van der Waals surface area contributed by atoms with Gasteiger partial charge in [-0.2, -0.15) is 0 Å². The molecule has 60 valence electrons. The smallest absolute Gasteiger partial charge is 0.0246 e. The molecule has 0 heterocycles. The Morgan fingerprint density at radius 1 is 1.40 bits per heavy atom. The van der Waals surface area contributed by atoms with Gasteiger partial charge < -0.3 is 0 Å². The number of hydrogen-bond donors (Lipinski definition) is 0. The van der Waals surface area contributed by atoms with Crippen LogP contribution in [-0.2, 0) is 0 Å². The molecule has 10 heavy (non-hydrogen) atoms. The summed E-state index contributed by atoms with van der Waals surface area (Å²) >= 11 is 0. The maximum absolute atomic E-state index is 2.43. The first kappa shape index (κ1) is 8.10. The molecule has 0 aromatic rings. The molecular weight excluding hydrogens is 120 g/mol. The van der Waals surface area contributed by atoms with E-state index < -0.39 is 0 Å². The minimum Gasteiger partial charge on any atom is -0.0651 e. The lowest BCUT2D eigenvalue weighted by molar-refractivity contribution is 0.212. The molecule has 0 N–H and O–H groups in total. The van der Waals surface area contributed by atoms with Gasteiger partial charge >= 0.3 is 0 Å². The van der Waals surface area contributed by atoms with Gasteiger partial charge in [-0.1, -0.05) is 41.0 Å². The Morgan fingerprint density at radius 2 is 1.90 bits per heavy atom. The average Bonchev–Trinajstić information content (AvgIpc) is 2.41. The zero-order chi connectivity index (χ0) is 7.99. The topological polar surface area (TPSA) is 0 Å². The zero-order valence-corrected chi connectivity index (χ0v) is 7.99. The summed E-state index contributed by atoms with van der Waals surface area (Å²) in [4.78, 5) is 0. The van der Waals surface area contributed by atoms with Gasteiger partial charge in [-0.25, -0.2) is 0 Å². The van der Waals surface area contributed by atoms with Crippen molar-refractivity contribution >= 4 is 0 Å². The summed E-state index contributed by atoms with van der Waals surface area (Å²) in [6, 6.07) is 0. The Labute approximate surface area is 65.0 Å². The highest BCUT2D eigenvalue weighted by atomic mass is 14.6. The molecule has 1 aliphatic carbocycles. The highest BCUT2D eigenvalue weighted by Crippen LogP contribution is 2.63. The van der Waals surface area contributed by atoms with E-state index in [0.717, 1.165) is 5.92 Å². The van der Waals surface area contributed by atoms with Crippen LogP contribution in [0.25, 0.3) is 0 Å². The minimum atomic E-state index is 0.522. The molecule has 2 unspecified atom stereocenters. The first-order valence-corrected chi connectivity index (χ1v) is 4.42. The van der Waals surface area contributed by atoms with Crippen LogP contribution in [0.2, 0.25) is 0 Å². The van der Waals surface area contributed by atoms with Crippen molar-refractivity contribution in [1.82, 2.24) is 0 Å². The molecule has 1 saturated carbocycles. The summed E-state index contributed by atoms with van der Waals surface area (Å²) < 4.78 is 0. The van der Waals surface area contributed by atoms with Crippen molar-refractivity contribution in [3.8, 4) is 0 Å². The fourth-order valence-corrected chi connectivity index (χ4v) is 1.97. The normalized spacial score (nSPS) is 39.9. The molecular formula is C10H20. The Kier molecular flexibility index (Phi) is 1.61. The van der Waals surface area contributed by atoms with Gasteiger partial charge in [0.05, 0.1) is 0 Å². The van der Waals surface area contributed by atoms with Gasteiger partial charge in [-0.05, 0) is 23.2 Å². The van der Waals surface area contributed by atoms with Gasteiger partial charge in [-0.15, -0.1) is 0 Å². The summed E-state index contributed by atoms with van der Waals surface area (Å²) in [5.74, 6) is 1.01. The standard InChI is InChI=1S/C10H20/c1-6-8-7-10(8,5)9(2,3)4/h8H,6-7H2,1-5H3. The van der Waals surface area contributed by atoms with Gasteiger partial charge in [-0.3, -0.25) is 0 Å². The largest absolute Gasteiger partial charge is 0.0651 e. The van der Waals surface area contributed by atoms with E-state index in [1.165, 1.54) is 12.8 Å². The molecule has 0 radical (unpaired) electrons. The Balaban J connectivity index is 2.59. The van der Waals surface area contributed by atoms with Crippen LogP contribution < -0.4 is 0 Å². The van der Waals surface area contributed by atoms with Crippen molar-refractivity contribution in [3.63, 3.8) is 0 Å². The maximum atomic E-state index is 2.43. The van der Waals surface area contributed by atoms with E-state index in [4.69, 9.17) is 0 Å². The first-order valence-electron chi connectivity index (χ1n) is 4.42. The molecule has 0 saturated heterocycles. The lowest BCUT2D eigenvalue weighted by atomic mass is 9.77. The van der Waals surface area contributed by atoms with Crippen LogP contribution in [-0.4, -0.2) is 0 Å². The van der Waals surface area contributed by atoms with Gasteiger partial charge in [0.15, 0.2) is 0 Å². The van der Waals surface area contributed by atoms with Crippen LogP contribution in [0.1, 0.15) is 47.5 Å². The first-order chi connectivity index (χ1) is 4.42. The molecule has 0 aromatic heterocycles. The van der Waals surface area contributed by atoms with Crippen molar-refractivity contribution in [2.45, 2.75) is 47.5 Å². The van der Waals surface area contributed by atoms with Crippen LogP contribution >= 0.6 is 0 Å². The predicted octanol–water partition coefficient (Wildman–Crippen LogP) is 3.47. The second kappa shape index (κ2) is 1.99. The van der Waals surface area contributed by atoms with Gasteiger partial charge in [0.25, 0.3) is 0 Å². The molecule has 0 bridgehead atoms. The van der Waals surface area contributed by atoms with E-state index in [1.54, 1.807) is 0 Å². The molecule has 1 fully saturated rings. The van der Waals surface area contributed by atoms with Crippen LogP contribution in [0.15, 0.2) is 0 Å². The summed E-state index contributed by atoms with van der Waals surface area (Å²) in [5, 5.41) is 0. The molecule has 1 aliphatic rings. The van der Waals surface area contributed by atoms with Crippen LogP contribution in [0.3, 0.4) is 0 Å². The fourth-order valence-electron chi connectivity index (χ4n) is 1.97. The van der Waals surface area contributed by atoms with Gasteiger partial charge in [0, 0.05) is 0 Å². The lowest BCUT2D eigenvalue weighted by Crippen LogP contribution is -2.20. The third-order valence-electron chi connectivity index (χ3n) is 3.62. The monoisotopic (exact) mass is 140 g/mol. The summed E-state index contributed by atoms with van der Waals surface area (Å²) in [5.41, 5.74) is 1.18. The molecule has 2 atom stereocenters. The number of rotatable bonds is 1. The molecule has 0 nitrogen and oxygen atoms in total. The second-order valence-electron chi connectivity index (χ2n) is 4.98. The Hall–Kier alpha value is 0. The van der Waals surface area contributed by atoms with E-state index in [1.807, 2.05) is 0 Å². The van der Waals surface area contributed by atoms with Crippen molar-refractivity contribution in [2.75, 3.05) is 0 Å². The lowest BCUT2D eigenvalue weighted by Gasteiger charge is -2.28. The van der Waals surface area contributed by atoms with Gasteiger partial charge in [0.1, 0.15) is 0 Å². The summed E-state index contributed by atoms with van der Waals surface area (Å²) in [6.45, 7) is 11.8. The van der Waals surface area contributed by atoms with Crippen LogP contribution in [0.5, 0.6) is 0 Å². The minimum absolute atomic E-state index is 0.522. The fraction of sp³-hybridized carbons (Fsp3) is 1.00. The second-order valence-corrected chi connectivity index (χ2v) is 4.98. The van der Waals surface area contributed by atoms with E-state index >= 15 is 0 Å². The third-order valence-corrected chi connectivity index (χ3v) is 3.62. The Morgan fingerprint density at radius 3 is 2.00 bits per heavy atom. The van der Waals surface area contributed by atoms with E-state index in [-0.39, 0.29) is 0 Å².